The highest BCUT2D eigenvalue weighted by molar-refractivity contribution is 9.10. The number of hydrogen-bond donors (Lipinski definition) is 1. The van der Waals surface area contributed by atoms with Crippen molar-refractivity contribution in [3.63, 3.8) is 0 Å². The number of likely N-dealkylation sites (tertiary alicyclic amines) is 1. The van der Waals surface area contributed by atoms with Gasteiger partial charge in [-0.25, -0.2) is 0 Å². The first-order valence-corrected chi connectivity index (χ1v) is 7.23. The average molecular weight is 311 g/mol. The van der Waals surface area contributed by atoms with Crippen LogP contribution < -0.4 is 5.32 Å². The summed E-state index contributed by atoms with van der Waals surface area (Å²) in [5.74, 6) is 0.00852. The van der Waals surface area contributed by atoms with Crippen LogP contribution in [0.4, 0.5) is 0 Å². The van der Waals surface area contributed by atoms with Gasteiger partial charge in [0.1, 0.15) is 0 Å². The lowest BCUT2D eigenvalue weighted by molar-refractivity contribution is 0.0932. The van der Waals surface area contributed by atoms with Gasteiger partial charge in [-0.3, -0.25) is 4.79 Å². The van der Waals surface area contributed by atoms with Crippen LogP contribution in [0.3, 0.4) is 0 Å². The molecule has 1 atom stereocenters. The van der Waals surface area contributed by atoms with Crippen LogP contribution >= 0.6 is 15.9 Å². The maximum atomic E-state index is 12.0. The molecular weight excluding hydrogens is 292 g/mol. The lowest BCUT2D eigenvalue weighted by atomic mass is 10.2. The van der Waals surface area contributed by atoms with E-state index in [9.17, 15) is 4.79 Å². The van der Waals surface area contributed by atoms with Gasteiger partial charge in [0.25, 0.3) is 5.91 Å². The van der Waals surface area contributed by atoms with Crippen LogP contribution in [0.25, 0.3) is 0 Å². The molecule has 0 radical (unpaired) electrons. The standard InChI is InChI=1S/C14H19BrN2O/c1-11(10-17-8-2-3-9-17)16-14(18)12-4-6-13(15)7-5-12/h4-7,11H,2-3,8-10H2,1H3,(H,16,18). The number of nitrogens with one attached hydrogen (secondary N) is 1. The molecule has 0 spiro atoms. The number of nitrogens with zero attached hydrogens (tertiary/aromatic N) is 1. The smallest absolute Gasteiger partial charge is 0.251 e. The fourth-order valence-corrected chi connectivity index (χ4v) is 2.57. The number of carbonyl (C=O) groups excluding carboxylic acids is 1. The van der Waals surface area contributed by atoms with Gasteiger partial charge in [0, 0.05) is 22.6 Å². The van der Waals surface area contributed by atoms with Gasteiger partial charge in [0.2, 0.25) is 0 Å². The molecule has 0 saturated carbocycles. The maximum Gasteiger partial charge on any atom is 0.251 e. The van der Waals surface area contributed by atoms with Gasteiger partial charge in [-0.15, -0.1) is 0 Å². The van der Waals surface area contributed by atoms with Gasteiger partial charge in [0.15, 0.2) is 0 Å². The van der Waals surface area contributed by atoms with E-state index < -0.39 is 0 Å². The summed E-state index contributed by atoms with van der Waals surface area (Å²) in [5.41, 5.74) is 0.714. The van der Waals surface area contributed by atoms with Crippen molar-refractivity contribution in [2.24, 2.45) is 0 Å². The molecule has 1 heterocycles. The molecule has 3 nitrogen and oxygen atoms in total. The zero-order chi connectivity index (χ0) is 13.0. The fourth-order valence-electron chi connectivity index (χ4n) is 2.31. The molecule has 2 rings (SSSR count). The maximum absolute atomic E-state index is 12.0. The minimum Gasteiger partial charge on any atom is -0.348 e. The molecule has 1 aromatic rings. The summed E-state index contributed by atoms with van der Waals surface area (Å²) >= 11 is 3.37. The van der Waals surface area contributed by atoms with E-state index in [1.807, 2.05) is 24.3 Å². The van der Waals surface area contributed by atoms with Gasteiger partial charge in [-0.2, -0.15) is 0 Å². The van der Waals surface area contributed by atoms with Crippen LogP contribution in [0, 0.1) is 0 Å². The van der Waals surface area contributed by atoms with Crippen molar-refractivity contribution in [1.82, 2.24) is 10.2 Å². The Morgan fingerprint density at radius 2 is 1.94 bits per heavy atom. The third-order valence-corrected chi connectivity index (χ3v) is 3.74. The summed E-state index contributed by atoms with van der Waals surface area (Å²) in [5, 5.41) is 3.05. The van der Waals surface area contributed by atoms with E-state index in [1.165, 1.54) is 25.9 Å². The molecule has 1 fully saturated rings. The van der Waals surface area contributed by atoms with E-state index in [4.69, 9.17) is 0 Å². The summed E-state index contributed by atoms with van der Waals surface area (Å²) in [6, 6.07) is 7.64. The zero-order valence-corrected chi connectivity index (χ0v) is 12.2. The molecule has 4 heteroatoms. The normalized spacial score (nSPS) is 17.7. The van der Waals surface area contributed by atoms with Gasteiger partial charge >= 0.3 is 0 Å². The number of amides is 1. The molecule has 1 unspecified atom stereocenters. The number of rotatable bonds is 4. The van der Waals surface area contributed by atoms with E-state index in [2.05, 4.69) is 33.1 Å². The number of halogens is 1. The summed E-state index contributed by atoms with van der Waals surface area (Å²) in [7, 11) is 0. The van der Waals surface area contributed by atoms with Gasteiger partial charge in [-0.05, 0) is 57.1 Å². The molecule has 1 N–H and O–H groups in total. The van der Waals surface area contributed by atoms with Crippen LogP contribution in [-0.2, 0) is 0 Å². The summed E-state index contributed by atoms with van der Waals surface area (Å²) < 4.78 is 0.990. The highest BCUT2D eigenvalue weighted by Crippen LogP contribution is 2.11. The molecule has 1 aliphatic heterocycles. The Bertz CT molecular complexity index is 399. The number of hydrogen-bond acceptors (Lipinski definition) is 2. The van der Waals surface area contributed by atoms with Crippen molar-refractivity contribution >= 4 is 21.8 Å². The third-order valence-electron chi connectivity index (χ3n) is 3.21. The molecule has 0 aliphatic carbocycles. The minimum absolute atomic E-state index is 0.00852. The highest BCUT2D eigenvalue weighted by atomic mass is 79.9. The average Bonchev–Trinajstić information content (AvgIpc) is 2.82. The summed E-state index contributed by atoms with van der Waals surface area (Å²) in [6.07, 6.45) is 2.57. The number of benzene rings is 1. The molecule has 0 aromatic heterocycles. The largest absolute Gasteiger partial charge is 0.348 e. The second kappa shape index (κ2) is 6.34. The van der Waals surface area contributed by atoms with Gasteiger partial charge in [-0.1, -0.05) is 15.9 Å². The molecule has 1 aromatic carbocycles. The Kier molecular flexibility index (Phi) is 4.78. The molecule has 1 saturated heterocycles. The van der Waals surface area contributed by atoms with E-state index in [-0.39, 0.29) is 11.9 Å². The summed E-state index contributed by atoms with van der Waals surface area (Å²) in [6.45, 7) is 5.34. The fraction of sp³-hybridized carbons (Fsp3) is 0.500. The first-order chi connectivity index (χ1) is 8.65. The Morgan fingerprint density at radius 3 is 2.56 bits per heavy atom. The Hall–Kier alpha value is -0.870. The van der Waals surface area contributed by atoms with Crippen LogP contribution in [-0.4, -0.2) is 36.5 Å². The molecule has 1 aliphatic rings. The van der Waals surface area contributed by atoms with Crippen molar-refractivity contribution in [2.75, 3.05) is 19.6 Å². The van der Waals surface area contributed by atoms with Crippen LogP contribution in [0.5, 0.6) is 0 Å². The second-order valence-electron chi connectivity index (χ2n) is 4.89. The Balaban J connectivity index is 1.84. The van der Waals surface area contributed by atoms with E-state index in [1.54, 1.807) is 0 Å². The quantitative estimate of drug-likeness (QED) is 0.927. The lowest BCUT2D eigenvalue weighted by Gasteiger charge is -2.21. The monoisotopic (exact) mass is 310 g/mol. The molecule has 0 bridgehead atoms. The van der Waals surface area contributed by atoms with Crippen molar-refractivity contribution < 1.29 is 4.79 Å². The van der Waals surface area contributed by atoms with Gasteiger partial charge < -0.3 is 10.2 Å². The van der Waals surface area contributed by atoms with Gasteiger partial charge in [0.05, 0.1) is 0 Å². The first kappa shape index (κ1) is 13.6. The molecular formula is C14H19BrN2O. The van der Waals surface area contributed by atoms with Crippen molar-refractivity contribution in [3.8, 4) is 0 Å². The van der Waals surface area contributed by atoms with Crippen molar-refractivity contribution in [1.29, 1.82) is 0 Å². The topological polar surface area (TPSA) is 32.3 Å². The third kappa shape index (κ3) is 3.82. The van der Waals surface area contributed by atoms with Crippen LogP contribution in [0.15, 0.2) is 28.7 Å². The van der Waals surface area contributed by atoms with E-state index >= 15 is 0 Å². The van der Waals surface area contributed by atoms with E-state index in [0.717, 1.165) is 11.0 Å². The van der Waals surface area contributed by atoms with E-state index in [0.29, 0.717) is 5.56 Å². The Labute approximate surface area is 117 Å². The first-order valence-electron chi connectivity index (χ1n) is 6.44. The predicted molar refractivity (Wildman–Crippen MR) is 76.7 cm³/mol. The second-order valence-corrected chi connectivity index (χ2v) is 5.80. The van der Waals surface area contributed by atoms with Crippen LogP contribution in [0.2, 0.25) is 0 Å². The highest BCUT2D eigenvalue weighted by Gasteiger charge is 2.16. The molecule has 18 heavy (non-hydrogen) atoms. The minimum atomic E-state index is 0.00852. The van der Waals surface area contributed by atoms with Crippen molar-refractivity contribution in [2.45, 2.75) is 25.8 Å². The SMILES string of the molecule is CC(CN1CCCC1)NC(=O)c1ccc(Br)cc1. The molecule has 98 valence electrons. The number of carbonyl (C=O) groups is 1. The predicted octanol–water partition coefficient (Wildman–Crippen LogP) is 2.66. The summed E-state index contributed by atoms with van der Waals surface area (Å²) in [4.78, 5) is 14.4. The lowest BCUT2D eigenvalue weighted by Crippen LogP contribution is -2.41. The van der Waals surface area contributed by atoms with Crippen molar-refractivity contribution in [3.05, 3.63) is 34.3 Å². The molecule has 1 amide bonds. The van der Waals surface area contributed by atoms with Crippen LogP contribution in [0.1, 0.15) is 30.1 Å². The zero-order valence-electron chi connectivity index (χ0n) is 10.7. The Morgan fingerprint density at radius 1 is 1.33 bits per heavy atom.